The molecule has 4 rings (SSSR count). The normalized spacial score (nSPS) is 19.5. The van der Waals surface area contributed by atoms with E-state index in [1.165, 1.54) is 7.11 Å². The fraction of sp³-hybridized carbons (Fsp3) is 0.440. The van der Waals surface area contributed by atoms with E-state index in [1.54, 1.807) is 6.07 Å². The number of amides is 1. The van der Waals surface area contributed by atoms with Crippen LogP contribution in [0.5, 0.6) is 0 Å². The predicted octanol–water partition coefficient (Wildman–Crippen LogP) is 4.05. The number of carbonyl (C=O) groups excluding carboxylic acids is 2. The number of hydrogen-bond acceptors (Lipinski definition) is 5. The highest BCUT2D eigenvalue weighted by Gasteiger charge is 2.35. The van der Waals surface area contributed by atoms with Crippen molar-refractivity contribution in [3.05, 3.63) is 64.2 Å². The summed E-state index contributed by atoms with van der Waals surface area (Å²) in [6.07, 6.45) is 3.13. The molecule has 0 radical (unpaired) electrons. The molecule has 2 aromatic rings. The number of para-hydroxylation sites is 1. The second-order valence-electron chi connectivity index (χ2n) is 8.55. The Morgan fingerprint density at radius 3 is 2.84 bits per heavy atom. The minimum atomic E-state index is -0.368. The molecule has 0 aromatic heterocycles. The molecule has 2 aromatic carbocycles. The van der Waals surface area contributed by atoms with E-state index in [-0.39, 0.29) is 24.0 Å². The van der Waals surface area contributed by atoms with Gasteiger partial charge in [-0.15, -0.1) is 0 Å². The average Bonchev–Trinajstić information content (AvgIpc) is 2.95. The molecular formula is C25H31N3O3. The van der Waals surface area contributed by atoms with Crippen molar-refractivity contribution in [1.82, 2.24) is 10.2 Å². The maximum atomic E-state index is 13.3. The number of nitrogens with zero attached hydrogens (tertiary/aromatic N) is 1. The number of hydrogen-bond donors (Lipinski definition) is 2. The number of benzene rings is 2. The fourth-order valence-corrected chi connectivity index (χ4v) is 4.81. The molecule has 0 saturated carbocycles. The lowest BCUT2D eigenvalue weighted by Crippen LogP contribution is -2.36. The number of carbonyl (C=O) groups is 2. The highest BCUT2D eigenvalue weighted by Crippen LogP contribution is 2.35. The van der Waals surface area contributed by atoms with Crippen molar-refractivity contribution in [3.63, 3.8) is 0 Å². The van der Waals surface area contributed by atoms with Gasteiger partial charge in [0.1, 0.15) is 0 Å². The molecule has 2 heterocycles. The fourth-order valence-electron chi connectivity index (χ4n) is 4.81. The molecule has 164 valence electrons. The molecular weight excluding hydrogens is 390 g/mol. The van der Waals surface area contributed by atoms with Gasteiger partial charge >= 0.3 is 5.97 Å². The van der Waals surface area contributed by atoms with Gasteiger partial charge in [-0.25, -0.2) is 4.79 Å². The van der Waals surface area contributed by atoms with Crippen molar-refractivity contribution >= 4 is 17.6 Å². The summed E-state index contributed by atoms with van der Waals surface area (Å²) in [5.41, 5.74) is 5.34. The summed E-state index contributed by atoms with van der Waals surface area (Å²) in [5, 5.41) is 6.91. The molecule has 2 atom stereocenters. The summed E-state index contributed by atoms with van der Waals surface area (Å²) in [4.78, 5) is 27.5. The van der Waals surface area contributed by atoms with Crippen LogP contribution in [-0.4, -0.2) is 43.0 Å². The van der Waals surface area contributed by atoms with Crippen molar-refractivity contribution in [1.29, 1.82) is 0 Å². The summed E-state index contributed by atoms with van der Waals surface area (Å²) in [7, 11) is 1.39. The maximum Gasteiger partial charge on any atom is 0.339 e. The van der Waals surface area contributed by atoms with E-state index < -0.39 is 0 Å². The third-order valence-electron chi connectivity index (χ3n) is 6.41. The van der Waals surface area contributed by atoms with Gasteiger partial charge in [-0.1, -0.05) is 18.2 Å². The highest BCUT2D eigenvalue weighted by molar-refractivity contribution is 5.99. The lowest BCUT2D eigenvalue weighted by atomic mass is 9.95. The molecule has 0 bridgehead atoms. The summed E-state index contributed by atoms with van der Waals surface area (Å²) < 4.78 is 4.93. The number of nitrogens with one attached hydrogen (secondary N) is 2. The van der Waals surface area contributed by atoms with Gasteiger partial charge in [0.05, 0.1) is 12.7 Å². The van der Waals surface area contributed by atoms with E-state index in [2.05, 4.69) is 28.5 Å². The van der Waals surface area contributed by atoms with Gasteiger partial charge in [0.2, 0.25) is 0 Å². The van der Waals surface area contributed by atoms with Crippen molar-refractivity contribution < 1.29 is 14.3 Å². The third-order valence-corrected chi connectivity index (χ3v) is 6.41. The second kappa shape index (κ2) is 9.10. The number of rotatable bonds is 5. The van der Waals surface area contributed by atoms with Crippen LogP contribution in [0, 0.1) is 6.92 Å². The van der Waals surface area contributed by atoms with Crippen molar-refractivity contribution in [2.75, 3.05) is 25.5 Å². The largest absolute Gasteiger partial charge is 0.465 e. The maximum absolute atomic E-state index is 13.3. The summed E-state index contributed by atoms with van der Waals surface area (Å²) in [5.74, 6) is -0.220. The zero-order valence-corrected chi connectivity index (χ0v) is 18.5. The van der Waals surface area contributed by atoms with Crippen LogP contribution in [0.15, 0.2) is 36.4 Å². The van der Waals surface area contributed by atoms with E-state index in [0.29, 0.717) is 12.1 Å². The van der Waals surface area contributed by atoms with Crippen LogP contribution >= 0.6 is 0 Å². The quantitative estimate of drug-likeness (QED) is 0.713. The molecule has 1 fully saturated rings. The minimum absolute atomic E-state index is 0.0667. The van der Waals surface area contributed by atoms with Crippen LogP contribution in [0.2, 0.25) is 0 Å². The summed E-state index contributed by atoms with van der Waals surface area (Å²) in [6, 6.07) is 11.8. The third kappa shape index (κ3) is 4.30. The van der Waals surface area contributed by atoms with E-state index in [0.717, 1.165) is 60.3 Å². The van der Waals surface area contributed by atoms with Crippen molar-refractivity contribution in [2.24, 2.45) is 0 Å². The first-order chi connectivity index (χ1) is 15.0. The SMILES string of the molecule is COC(=O)c1ccccc1NC(C)c1cc(C)cc2c1CN(C1CCCNCC1)C2=O. The molecule has 2 aliphatic rings. The Balaban J connectivity index is 1.63. The average molecular weight is 422 g/mol. The molecule has 2 aliphatic heterocycles. The van der Waals surface area contributed by atoms with Crippen LogP contribution in [0.4, 0.5) is 5.69 Å². The van der Waals surface area contributed by atoms with Gasteiger partial charge in [0, 0.05) is 29.9 Å². The van der Waals surface area contributed by atoms with Crippen LogP contribution in [0.1, 0.15) is 69.6 Å². The van der Waals surface area contributed by atoms with Crippen molar-refractivity contribution in [3.8, 4) is 0 Å². The Morgan fingerprint density at radius 2 is 2.03 bits per heavy atom. The molecule has 0 aliphatic carbocycles. The van der Waals surface area contributed by atoms with Gasteiger partial charge < -0.3 is 20.3 Å². The van der Waals surface area contributed by atoms with Crippen molar-refractivity contribution in [2.45, 2.75) is 51.7 Å². The summed E-state index contributed by atoms with van der Waals surface area (Å²) in [6.45, 7) is 6.74. The molecule has 2 unspecified atom stereocenters. The lowest BCUT2D eigenvalue weighted by molar-refractivity contribution is 0.0601. The minimum Gasteiger partial charge on any atom is -0.465 e. The van der Waals surface area contributed by atoms with E-state index >= 15 is 0 Å². The van der Waals surface area contributed by atoms with Gasteiger partial charge in [-0.3, -0.25) is 4.79 Å². The first-order valence-corrected chi connectivity index (χ1v) is 11.1. The van der Waals surface area contributed by atoms with Crippen LogP contribution in [0.25, 0.3) is 0 Å². The topological polar surface area (TPSA) is 70.7 Å². The molecule has 0 spiro atoms. The van der Waals surface area contributed by atoms with E-state index in [1.807, 2.05) is 31.2 Å². The number of ether oxygens (including phenoxy) is 1. The zero-order chi connectivity index (χ0) is 22.0. The van der Waals surface area contributed by atoms with Gasteiger partial charge in [-0.05, 0) is 81.1 Å². The van der Waals surface area contributed by atoms with Gasteiger partial charge in [-0.2, -0.15) is 0 Å². The smallest absolute Gasteiger partial charge is 0.339 e. The number of methoxy groups -OCH3 is 1. The first kappa shape index (κ1) is 21.4. The Bertz CT molecular complexity index is 980. The van der Waals surface area contributed by atoms with Crippen LogP contribution in [0.3, 0.4) is 0 Å². The van der Waals surface area contributed by atoms with Crippen LogP contribution in [-0.2, 0) is 11.3 Å². The molecule has 6 nitrogen and oxygen atoms in total. The first-order valence-electron chi connectivity index (χ1n) is 11.1. The molecule has 31 heavy (non-hydrogen) atoms. The Hall–Kier alpha value is -2.86. The summed E-state index contributed by atoms with van der Waals surface area (Å²) >= 11 is 0. The molecule has 6 heteroatoms. The molecule has 1 saturated heterocycles. The highest BCUT2D eigenvalue weighted by atomic mass is 16.5. The Kier molecular flexibility index (Phi) is 6.28. The lowest BCUT2D eigenvalue weighted by Gasteiger charge is -2.26. The molecule has 2 N–H and O–H groups in total. The second-order valence-corrected chi connectivity index (χ2v) is 8.55. The Morgan fingerprint density at radius 1 is 1.23 bits per heavy atom. The van der Waals surface area contributed by atoms with E-state index in [9.17, 15) is 9.59 Å². The predicted molar refractivity (Wildman–Crippen MR) is 121 cm³/mol. The number of fused-ring (bicyclic) bond motifs is 1. The zero-order valence-electron chi connectivity index (χ0n) is 18.5. The van der Waals surface area contributed by atoms with Gasteiger partial charge in [0.15, 0.2) is 0 Å². The number of esters is 1. The number of aryl methyl sites for hydroxylation is 1. The molecule has 1 amide bonds. The van der Waals surface area contributed by atoms with Crippen LogP contribution < -0.4 is 10.6 Å². The Labute approximate surface area is 184 Å². The van der Waals surface area contributed by atoms with E-state index in [4.69, 9.17) is 4.74 Å². The van der Waals surface area contributed by atoms with Gasteiger partial charge in [0.25, 0.3) is 5.91 Å². The monoisotopic (exact) mass is 421 g/mol. The standard InChI is InChI=1S/C25H31N3O3/c1-16-13-20(17(2)27-23-9-5-4-8-19(23)25(30)31-3)22-15-28(24(29)21(22)14-16)18-7-6-11-26-12-10-18/h4-5,8-9,13-14,17-18,26-27H,6-7,10-12,15H2,1-3H3. The number of anilines is 1.